The smallest absolute Gasteiger partial charge is 0.251 e. The Morgan fingerprint density at radius 1 is 0.812 bits per heavy atom. The number of anilines is 1. The third-order valence-corrected chi connectivity index (χ3v) is 4.78. The van der Waals surface area contributed by atoms with Crippen molar-refractivity contribution < 1.29 is 9.59 Å². The normalized spacial score (nSPS) is 11.1. The summed E-state index contributed by atoms with van der Waals surface area (Å²) in [6.45, 7) is 3.13. The molecule has 2 amide bonds. The number of rotatable bonds is 12. The Hall–Kier alpha value is -3.48. The monoisotopic (exact) mass is 435 g/mol. The van der Waals surface area contributed by atoms with Crippen molar-refractivity contribution in [2.45, 2.75) is 32.6 Å². The molecular formula is C25H33N5O2. The number of benzene rings is 2. The average molecular weight is 436 g/mol. The molecule has 0 bridgehead atoms. The van der Waals surface area contributed by atoms with Gasteiger partial charge < -0.3 is 15.5 Å². The van der Waals surface area contributed by atoms with E-state index in [0.29, 0.717) is 24.3 Å². The van der Waals surface area contributed by atoms with Gasteiger partial charge in [-0.2, -0.15) is 10.2 Å². The molecule has 0 unspecified atom stereocenters. The van der Waals surface area contributed by atoms with Crippen molar-refractivity contribution in [1.82, 2.24) is 10.6 Å². The minimum Gasteiger partial charge on any atom is -0.378 e. The minimum atomic E-state index is -0.0913. The molecule has 170 valence electrons. The average Bonchev–Trinajstić information content (AvgIpc) is 2.80. The van der Waals surface area contributed by atoms with Crippen molar-refractivity contribution in [2.24, 2.45) is 10.2 Å². The highest BCUT2D eigenvalue weighted by atomic mass is 16.2. The zero-order valence-electron chi connectivity index (χ0n) is 19.2. The van der Waals surface area contributed by atoms with Crippen LogP contribution in [0.3, 0.4) is 0 Å². The Balaban J connectivity index is 1.66. The maximum atomic E-state index is 12.3. The molecule has 0 saturated carbocycles. The molecule has 7 heteroatoms. The largest absolute Gasteiger partial charge is 0.378 e. The van der Waals surface area contributed by atoms with E-state index in [1.165, 1.54) is 6.08 Å². The number of allylic oxidation sites excluding steroid dienone is 1. The molecule has 7 nitrogen and oxygen atoms in total. The first kappa shape index (κ1) is 24.8. The Labute approximate surface area is 190 Å². The maximum absolute atomic E-state index is 12.3. The van der Waals surface area contributed by atoms with Crippen molar-refractivity contribution in [2.75, 3.05) is 32.1 Å². The first-order chi connectivity index (χ1) is 15.5. The van der Waals surface area contributed by atoms with E-state index in [1.54, 1.807) is 30.3 Å². The van der Waals surface area contributed by atoms with Crippen LogP contribution in [-0.4, -0.2) is 39.0 Å². The summed E-state index contributed by atoms with van der Waals surface area (Å²) in [5.41, 5.74) is 3.18. The number of hydrogen-bond acceptors (Lipinski definition) is 5. The van der Waals surface area contributed by atoms with E-state index in [0.717, 1.165) is 37.1 Å². The number of azo groups is 1. The third-order valence-electron chi connectivity index (χ3n) is 4.78. The van der Waals surface area contributed by atoms with E-state index >= 15 is 0 Å². The lowest BCUT2D eigenvalue weighted by Crippen LogP contribution is -2.24. The van der Waals surface area contributed by atoms with Crippen molar-refractivity contribution in [3.05, 3.63) is 66.2 Å². The van der Waals surface area contributed by atoms with Crippen LogP contribution in [0.25, 0.3) is 0 Å². The van der Waals surface area contributed by atoms with E-state index in [4.69, 9.17) is 0 Å². The van der Waals surface area contributed by atoms with Crippen LogP contribution in [0.4, 0.5) is 17.1 Å². The second kappa shape index (κ2) is 13.7. The number of hydrogen-bond donors (Lipinski definition) is 2. The van der Waals surface area contributed by atoms with Crippen LogP contribution in [0, 0.1) is 0 Å². The molecule has 0 atom stereocenters. The number of nitrogens with zero attached hydrogens (tertiary/aromatic N) is 3. The minimum absolute atomic E-state index is 0.0501. The molecule has 0 aliphatic heterocycles. The van der Waals surface area contributed by atoms with Crippen LogP contribution in [-0.2, 0) is 4.79 Å². The van der Waals surface area contributed by atoms with Crippen molar-refractivity contribution in [3.63, 3.8) is 0 Å². The van der Waals surface area contributed by atoms with Crippen molar-refractivity contribution >= 4 is 28.9 Å². The van der Waals surface area contributed by atoms with E-state index in [1.807, 2.05) is 50.2 Å². The van der Waals surface area contributed by atoms with Gasteiger partial charge in [-0.15, -0.1) is 0 Å². The zero-order chi connectivity index (χ0) is 23.2. The van der Waals surface area contributed by atoms with E-state index in [9.17, 15) is 9.59 Å². The number of amides is 2. The lowest BCUT2D eigenvalue weighted by atomic mass is 10.1. The van der Waals surface area contributed by atoms with Gasteiger partial charge in [0.05, 0.1) is 11.4 Å². The van der Waals surface area contributed by atoms with Gasteiger partial charge in [0.1, 0.15) is 0 Å². The summed E-state index contributed by atoms with van der Waals surface area (Å²) in [5.74, 6) is -0.141. The summed E-state index contributed by atoms with van der Waals surface area (Å²) in [6.07, 6.45) is 7.12. The number of carbonyl (C=O) groups is 2. The summed E-state index contributed by atoms with van der Waals surface area (Å²) in [5, 5.41) is 14.2. The van der Waals surface area contributed by atoms with Gasteiger partial charge in [0.15, 0.2) is 0 Å². The summed E-state index contributed by atoms with van der Waals surface area (Å²) < 4.78 is 0. The third kappa shape index (κ3) is 9.12. The molecule has 0 aromatic heterocycles. The molecule has 0 spiro atoms. The molecule has 0 aliphatic rings. The molecule has 2 aromatic rings. The van der Waals surface area contributed by atoms with Gasteiger partial charge in [-0.3, -0.25) is 9.59 Å². The zero-order valence-corrected chi connectivity index (χ0v) is 19.2. The van der Waals surface area contributed by atoms with Crippen molar-refractivity contribution in [1.29, 1.82) is 0 Å². The lowest BCUT2D eigenvalue weighted by Gasteiger charge is -2.11. The highest BCUT2D eigenvalue weighted by molar-refractivity contribution is 5.94. The van der Waals surface area contributed by atoms with Gasteiger partial charge in [-0.1, -0.05) is 18.9 Å². The van der Waals surface area contributed by atoms with Crippen LogP contribution >= 0.6 is 0 Å². The van der Waals surface area contributed by atoms with Crippen LogP contribution < -0.4 is 15.5 Å². The Morgan fingerprint density at radius 3 is 1.88 bits per heavy atom. The SMILES string of the molecule is C/C=C/C(=O)NCCCCCCNC(=O)c1ccc(/N=N/c2ccc(N(C)C)cc2)cc1. The predicted molar refractivity (Wildman–Crippen MR) is 130 cm³/mol. The van der Waals surface area contributed by atoms with Crippen LogP contribution in [0.5, 0.6) is 0 Å². The fraction of sp³-hybridized carbons (Fsp3) is 0.360. The second-order valence-corrected chi connectivity index (χ2v) is 7.62. The highest BCUT2D eigenvalue weighted by Gasteiger charge is 2.04. The first-order valence-corrected chi connectivity index (χ1v) is 11.0. The molecule has 2 N–H and O–H groups in total. The number of unbranched alkanes of at least 4 members (excludes halogenated alkanes) is 3. The summed E-state index contributed by atoms with van der Waals surface area (Å²) >= 11 is 0. The van der Waals surface area contributed by atoms with Gasteiger partial charge in [-0.05, 0) is 74.4 Å². The molecule has 0 fully saturated rings. The second-order valence-electron chi connectivity index (χ2n) is 7.62. The first-order valence-electron chi connectivity index (χ1n) is 11.0. The summed E-state index contributed by atoms with van der Waals surface area (Å²) in [7, 11) is 3.98. The van der Waals surface area contributed by atoms with E-state index in [-0.39, 0.29) is 11.8 Å². The fourth-order valence-corrected chi connectivity index (χ4v) is 2.94. The lowest BCUT2D eigenvalue weighted by molar-refractivity contribution is -0.116. The molecule has 0 aliphatic carbocycles. The van der Waals surface area contributed by atoms with Gasteiger partial charge in [0.2, 0.25) is 5.91 Å². The van der Waals surface area contributed by atoms with E-state index < -0.39 is 0 Å². The molecule has 2 aromatic carbocycles. The maximum Gasteiger partial charge on any atom is 0.251 e. The number of nitrogens with one attached hydrogen (secondary N) is 2. The summed E-state index contributed by atoms with van der Waals surface area (Å²) in [6, 6.07) is 14.9. The Kier molecular flexibility index (Phi) is 10.6. The van der Waals surface area contributed by atoms with Gasteiger partial charge >= 0.3 is 0 Å². The standard InChI is InChI=1S/C25H33N5O2/c1-4-9-24(31)26-18-7-5-6-8-19-27-25(32)20-10-12-21(13-11-20)28-29-22-14-16-23(17-15-22)30(2)3/h4,9-17H,5-8,18-19H2,1-3H3,(H,26,31)(H,27,32)/b9-4+,29-28+. The molecule has 0 saturated heterocycles. The quantitative estimate of drug-likeness (QED) is 0.275. The van der Waals surface area contributed by atoms with E-state index in [2.05, 4.69) is 20.9 Å². The van der Waals surface area contributed by atoms with Gasteiger partial charge in [0, 0.05) is 38.4 Å². The van der Waals surface area contributed by atoms with Crippen LogP contribution in [0.1, 0.15) is 43.0 Å². The Morgan fingerprint density at radius 2 is 1.34 bits per heavy atom. The van der Waals surface area contributed by atoms with Crippen LogP contribution in [0.2, 0.25) is 0 Å². The number of carbonyl (C=O) groups excluding carboxylic acids is 2. The van der Waals surface area contributed by atoms with Crippen LogP contribution in [0.15, 0.2) is 70.9 Å². The Bertz CT molecular complexity index is 903. The topological polar surface area (TPSA) is 86.2 Å². The van der Waals surface area contributed by atoms with Gasteiger partial charge in [-0.25, -0.2) is 0 Å². The molecule has 32 heavy (non-hydrogen) atoms. The molecule has 0 radical (unpaired) electrons. The molecule has 0 heterocycles. The highest BCUT2D eigenvalue weighted by Crippen LogP contribution is 2.21. The predicted octanol–water partition coefficient (Wildman–Crippen LogP) is 5.15. The van der Waals surface area contributed by atoms with Gasteiger partial charge in [0.25, 0.3) is 5.91 Å². The fourth-order valence-electron chi connectivity index (χ4n) is 2.94. The summed E-state index contributed by atoms with van der Waals surface area (Å²) in [4.78, 5) is 25.6. The molecule has 2 rings (SSSR count). The molecular weight excluding hydrogens is 402 g/mol. The van der Waals surface area contributed by atoms with Crippen molar-refractivity contribution in [3.8, 4) is 0 Å².